The van der Waals surface area contributed by atoms with Crippen molar-refractivity contribution in [2.75, 3.05) is 25.2 Å². The van der Waals surface area contributed by atoms with Gasteiger partial charge in [-0.1, -0.05) is 12.1 Å². The molecule has 0 saturated heterocycles. The quantitative estimate of drug-likeness (QED) is 0.798. The monoisotopic (exact) mass is 289 g/mol. The SMILES string of the molecule is COc1cccc(C(O)CNc2ccc(SC)cc2)c1. The summed E-state index contributed by atoms with van der Waals surface area (Å²) in [4.78, 5) is 1.23. The Balaban J connectivity index is 1.95. The summed E-state index contributed by atoms with van der Waals surface area (Å²) < 4.78 is 5.16. The van der Waals surface area contributed by atoms with E-state index in [1.165, 1.54) is 4.90 Å². The summed E-state index contributed by atoms with van der Waals surface area (Å²) in [5, 5.41) is 13.4. The molecule has 20 heavy (non-hydrogen) atoms. The van der Waals surface area contributed by atoms with E-state index in [0.717, 1.165) is 17.0 Å². The van der Waals surface area contributed by atoms with Crippen molar-refractivity contribution >= 4 is 17.4 Å². The molecule has 0 bridgehead atoms. The van der Waals surface area contributed by atoms with Gasteiger partial charge >= 0.3 is 0 Å². The fourth-order valence-electron chi connectivity index (χ4n) is 1.89. The van der Waals surface area contributed by atoms with Crippen LogP contribution in [0, 0.1) is 0 Å². The predicted molar refractivity (Wildman–Crippen MR) is 84.7 cm³/mol. The second-order valence-electron chi connectivity index (χ2n) is 4.40. The first-order valence-electron chi connectivity index (χ1n) is 6.43. The van der Waals surface area contributed by atoms with Crippen LogP contribution in [0.2, 0.25) is 0 Å². The Kier molecular flexibility index (Phi) is 5.32. The molecule has 2 aromatic carbocycles. The van der Waals surface area contributed by atoms with Crippen LogP contribution in [0.5, 0.6) is 5.75 Å². The molecule has 0 heterocycles. The van der Waals surface area contributed by atoms with E-state index in [9.17, 15) is 5.11 Å². The zero-order chi connectivity index (χ0) is 14.4. The molecule has 3 nitrogen and oxygen atoms in total. The second-order valence-corrected chi connectivity index (χ2v) is 5.28. The highest BCUT2D eigenvalue weighted by Gasteiger charge is 2.08. The average Bonchev–Trinajstić information content (AvgIpc) is 2.53. The summed E-state index contributed by atoms with van der Waals surface area (Å²) in [5.74, 6) is 0.755. The normalized spacial score (nSPS) is 11.9. The number of nitrogens with one attached hydrogen (secondary N) is 1. The van der Waals surface area contributed by atoms with Gasteiger partial charge in [0.2, 0.25) is 0 Å². The number of anilines is 1. The first kappa shape index (κ1) is 14.8. The Hall–Kier alpha value is -1.65. The van der Waals surface area contributed by atoms with Crippen LogP contribution in [0.1, 0.15) is 11.7 Å². The molecule has 0 aromatic heterocycles. The van der Waals surface area contributed by atoms with Gasteiger partial charge in [0.25, 0.3) is 0 Å². The smallest absolute Gasteiger partial charge is 0.119 e. The number of aliphatic hydroxyl groups is 1. The van der Waals surface area contributed by atoms with Gasteiger partial charge in [-0.3, -0.25) is 0 Å². The molecular weight excluding hydrogens is 270 g/mol. The number of benzene rings is 2. The van der Waals surface area contributed by atoms with Crippen molar-refractivity contribution in [3.8, 4) is 5.75 Å². The summed E-state index contributed by atoms with van der Waals surface area (Å²) in [5.41, 5.74) is 1.85. The molecular formula is C16H19NO2S. The number of rotatable bonds is 6. The molecule has 0 amide bonds. The van der Waals surface area contributed by atoms with Crippen LogP contribution in [0.15, 0.2) is 53.4 Å². The van der Waals surface area contributed by atoms with Gasteiger partial charge in [0.05, 0.1) is 13.2 Å². The molecule has 2 rings (SSSR count). The summed E-state index contributed by atoms with van der Waals surface area (Å²) in [6.45, 7) is 0.464. The van der Waals surface area contributed by atoms with Crippen molar-refractivity contribution in [2.24, 2.45) is 0 Å². The zero-order valence-electron chi connectivity index (χ0n) is 11.7. The van der Waals surface area contributed by atoms with Crippen molar-refractivity contribution in [2.45, 2.75) is 11.0 Å². The van der Waals surface area contributed by atoms with Crippen LogP contribution < -0.4 is 10.1 Å². The van der Waals surface area contributed by atoms with Gasteiger partial charge in [-0.25, -0.2) is 0 Å². The molecule has 0 aliphatic rings. The van der Waals surface area contributed by atoms with E-state index in [1.54, 1.807) is 18.9 Å². The topological polar surface area (TPSA) is 41.5 Å². The molecule has 4 heteroatoms. The first-order chi connectivity index (χ1) is 9.72. The molecule has 0 aliphatic carbocycles. The molecule has 1 unspecified atom stereocenters. The maximum atomic E-state index is 10.2. The fraction of sp³-hybridized carbons (Fsp3) is 0.250. The Bertz CT molecular complexity index is 542. The molecule has 2 aromatic rings. The van der Waals surface area contributed by atoms with Crippen molar-refractivity contribution in [3.05, 3.63) is 54.1 Å². The lowest BCUT2D eigenvalue weighted by atomic mass is 10.1. The number of methoxy groups -OCH3 is 1. The highest BCUT2D eigenvalue weighted by atomic mass is 32.2. The lowest BCUT2D eigenvalue weighted by Crippen LogP contribution is -2.12. The molecule has 0 aliphatic heterocycles. The number of ether oxygens (including phenoxy) is 1. The van der Waals surface area contributed by atoms with Crippen LogP contribution >= 0.6 is 11.8 Å². The summed E-state index contributed by atoms with van der Waals surface area (Å²) in [7, 11) is 1.62. The van der Waals surface area contributed by atoms with Crippen LogP contribution in [0.4, 0.5) is 5.69 Å². The lowest BCUT2D eigenvalue weighted by molar-refractivity contribution is 0.191. The van der Waals surface area contributed by atoms with Crippen LogP contribution in [0.3, 0.4) is 0 Å². The van der Waals surface area contributed by atoms with Gasteiger partial charge < -0.3 is 15.2 Å². The minimum atomic E-state index is -0.565. The second kappa shape index (κ2) is 7.22. The van der Waals surface area contributed by atoms with Crippen molar-refractivity contribution in [3.63, 3.8) is 0 Å². The molecule has 0 spiro atoms. The van der Waals surface area contributed by atoms with Crippen LogP contribution in [0.25, 0.3) is 0 Å². The predicted octanol–water partition coefficient (Wildman–Crippen LogP) is 3.56. The number of hydrogen-bond acceptors (Lipinski definition) is 4. The minimum absolute atomic E-state index is 0.464. The summed E-state index contributed by atoms with van der Waals surface area (Å²) >= 11 is 1.71. The summed E-state index contributed by atoms with van der Waals surface area (Å²) in [6.07, 6.45) is 1.49. The van der Waals surface area contributed by atoms with Crippen molar-refractivity contribution < 1.29 is 9.84 Å². The highest BCUT2D eigenvalue weighted by Crippen LogP contribution is 2.21. The molecule has 106 valence electrons. The van der Waals surface area contributed by atoms with Gasteiger partial charge in [0, 0.05) is 17.1 Å². The molecule has 2 N–H and O–H groups in total. The lowest BCUT2D eigenvalue weighted by Gasteiger charge is -2.14. The van der Waals surface area contributed by atoms with E-state index in [1.807, 2.05) is 36.4 Å². The minimum Gasteiger partial charge on any atom is -0.497 e. The molecule has 1 atom stereocenters. The van der Waals surface area contributed by atoms with Gasteiger partial charge in [-0.2, -0.15) is 0 Å². The first-order valence-corrected chi connectivity index (χ1v) is 7.65. The van der Waals surface area contributed by atoms with Crippen molar-refractivity contribution in [1.29, 1.82) is 0 Å². The summed E-state index contributed by atoms with van der Waals surface area (Å²) in [6, 6.07) is 15.6. The Labute approximate surface area is 124 Å². The van der Waals surface area contributed by atoms with E-state index in [0.29, 0.717) is 6.54 Å². The third-order valence-corrected chi connectivity index (χ3v) is 3.81. The third kappa shape index (κ3) is 3.92. The Morgan fingerprint density at radius 2 is 1.95 bits per heavy atom. The Morgan fingerprint density at radius 3 is 2.60 bits per heavy atom. The Morgan fingerprint density at radius 1 is 1.20 bits per heavy atom. The van der Waals surface area contributed by atoms with Gasteiger partial charge in [0.1, 0.15) is 5.75 Å². The molecule has 0 radical (unpaired) electrons. The largest absolute Gasteiger partial charge is 0.497 e. The van der Waals surface area contributed by atoms with Crippen molar-refractivity contribution in [1.82, 2.24) is 0 Å². The fourth-order valence-corrected chi connectivity index (χ4v) is 2.30. The third-order valence-electron chi connectivity index (χ3n) is 3.07. The van der Waals surface area contributed by atoms with E-state index < -0.39 is 6.10 Å². The maximum Gasteiger partial charge on any atom is 0.119 e. The number of hydrogen-bond donors (Lipinski definition) is 2. The van der Waals surface area contributed by atoms with E-state index in [4.69, 9.17) is 4.74 Å². The standard InChI is InChI=1S/C16H19NO2S/c1-19-14-5-3-4-12(10-14)16(18)11-17-13-6-8-15(20-2)9-7-13/h3-10,16-18H,11H2,1-2H3. The zero-order valence-corrected chi connectivity index (χ0v) is 12.5. The van der Waals surface area contributed by atoms with E-state index in [-0.39, 0.29) is 0 Å². The molecule has 0 saturated carbocycles. The van der Waals surface area contributed by atoms with Gasteiger partial charge in [-0.05, 0) is 48.2 Å². The molecule has 0 fully saturated rings. The number of aliphatic hydroxyl groups excluding tert-OH is 1. The maximum absolute atomic E-state index is 10.2. The van der Waals surface area contributed by atoms with Gasteiger partial charge in [0.15, 0.2) is 0 Å². The number of thioether (sulfide) groups is 1. The van der Waals surface area contributed by atoms with Crippen LogP contribution in [-0.4, -0.2) is 25.0 Å². The average molecular weight is 289 g/mol. The van der Waals surface area contributed by atoms with Gasteiger partial charge in [-0.15, -0.1) is 11.8 Å². The highest BCUT2D eigenvalue weighted by molar-refractivity contribution is 7.98. The van der Waals surface area contributed by atoms with E-state index >= 15 is 0 Å². The van der Waals surface area contributed by atoms with E-state index in [2.05, 4.69) is 23.7 Å². The van der Waals surface area contributed by atoms with Crippen LogP contribution in [-0.2, 0) is 0 Å².